The molecule has 0 aliphatic heterocycles. The Balaban J connectivity index is 2.26. The molecule has 2 aromatic rings. The summed E-state index contributed by atoms with van der Waals surface area (Å²) >= 11 is 0. The standard InChI is InChI=1S/C15H20N4O3/c1-3-4-5-8-22-12-9-10(6-7-11(12)21-2)13-14(15(16)20)18-19-17-13/h6-7,9H,3-5,8H2,1-2H3,(H2,16,20)(H,17,18,19). The first kappa shape index (κ1) is 15.8. The van der Waals surface area contributed by atoms with Crippen molar-refractivity contribution in [3.63, 3.8) is 0 Å². The van der Waals surface area contributed by atoms with Crippen molar-refractivity contribution in [3.8, 4) is 22.8 Å². The predicted molar refractivity (Wildman–Crippen MR) is 81.9 cm³/mol. The van der Waals surface area contributed by atoms with E-state index in [0.29, 0.717) is 29.4 Å². The minimum Gasteiger partial charge on any atom is -0.493 e. The van der Waals surface area contributed by atoms with Gasteiger partial charge in [-0.25, -0.2) is 0 Å². The number of nitrogens with two attached hydrogens (primary N) is 1. The van der Waals surface area contributed by atoms with Crippen LogP contribution in [0.25, 0.3) is 11.3 Å². The molecule has 0 saturated heterocycles. The van der Waals surface area contributed by atoms with Crippen LogP contribution >= 0.6 is 0 Å². The third-order valence-electron chi connectivity index (χ3n) is 3.22. The van der Waals surface area contributed by atoms with Crippen LogP contribution in [0.2, 0.25) is 0 Å². The normalized spacial score (nSPS) is 10.5. The van der Waals surface area contributed by atoms with Gasteiger partial charge in [0.25, 0.3) is 5.91 Å². The summed E-state index contributed by atoms with van der Waals surface area (Å²) in [4.78, 5) is 11.4. The van der Waals surface area contributed by atoms with Crippen LogP contribution in [0.5, 0.6) is 11.5 Å². The molecule has 0 aliphatic rings. The van der Waals surface area contributed by atoms with Crippen LogP contribution in [0.1, 0.15) is 36.7 Å². The van der Waals surface area contributed by atoms with Gasteiger partial charge in [0.1, 0.15) is 5.69 Å². The van der Waals surface area contributed by atoms with E-state index in [2.05, 4.69) is 22.3 Å². The average molecular weight is 304 g/mol. The molecule has 118 valence electrons. The third kappa shape index (κ3) is 3.55. The Bertz CT molecular complexity index is 639. The van der Waals surface area contributed by atoms with Gasteiger partial charge in [0.05, 0.1) is 13.7 Å². The highest BCUT2D eigenvalue weighted by atomic mass is 16.5. The number of unbranched alkanes of at least 4 members (excludes halogenated alkanes) is 2. The van der Waals surface area contributed by atoms with E-state index in [4.69, 9.17) is 15.2 Å². The van der Waals surface area contributed by atoms with E-state index in [0.717, 1.165) is 19.3 Å². The molecule has 0 unspecified atom stereocenters. The number of ether oxygens (including phenoxy) is 2. The SMILES string of the molecule is CCCCCOc1cc(-c2n[nH]nc2C(N)=O)ccc1OC. The van der Waals surface area contributed by atoms with Crippen LogP contribution in [-0.2, 0) is 0 Å². The molecule has 7 heteroatoms. The van der Waals surface area contributed by atoms with Crippen LogP contribution in [0.15, 0.2) is 18.2 Å². The number of hydrogen-bond donors (Lipinski definition) is 2. The van der Waals surface area contributed by atoms with E-state index in [9.17, 15) is 4.79 Å². The van der Waals surface area contributed by atoms with Crippen LogP contribution in [0.3, 0.4) is 0 Å². The number of hydrogen-bond acceptors (Lipinski definition) is 5. The topological polar surface area (TPSA) is 103 Å². The molecule has 22 heavy (non-hydrogen) atoms. The molecule has 0 aliphatic carbocycles. The summed E-state index contributed by atoms with van der Waals surface area (Å²) in [7, 11) is 1.58. The van der Waals surface area contributed by atoms with E-state index >= 15 is 0 Å². The summed E-state index contributed by atoms with van der Waals surface area (Å²) in [5, 5.41) is 10.2. The molecular weight excluding hydrogens is 284 g/mol. The molecule has 0 atom stereocenters. The van der Waals surface area contributed by atoms with Gasteiger partial charge in [0.15, 0.2) is 17.2 Å². The Morgan fingerprint density at radius 1 is 1.27 bits per heavy atom. The lowest BCUT2D eigenvalue weighted by molar-refractivity contribution is 0.0996. The summed E-state index contributed by atoms with van der Waals surface area (Å²) in [6.07, 6.45) is 3.21. The van der Waals surface area contributed by atoms with Crippen molar-refractivity contribution in [2.45, 2.75) is 26.2 Å². The second kappa shape index (κ2) is 7.44. The number of nitrogens with one attached hydrogen (secondary N) is 1. The Hall–Kier alpha value is -2.57. The monoisotopic (exact) mass is 304 g/mol. The molecular formula is C15H20N4O3. The van der Waals surface area contributed by atoms with Gasteiger partial charge in [-0.15, -0.1) is 0 Å². The first-order chi connectivity index (χ1) is 10.7. The summed E-state index contributed by atoms with van der Waals surface area (Å²) in [5.74, 6) is 0.601. The maximum atomic E-state index is 11.4. The number of nitrogens with zero attached hydrogens (tertiary/aromatic N) is 2. The van der Waals surface area contributed by atoms with Gasteiger partial charge in [-0.1, -0.05) is 19.8 Å². The van der Waals surface area contributed by atoms with Crippen molar-refractivity contribution in [2.24, 2.45) is 5.73 Å². The average Bonchev–Trinajstić information content (AvgIpc) is 3.01. The van der Waals surface area contributed by atoms with Crippen molar-refractivity contribution in [1.29, 1.82) is 0 Å². The molecule has 1 aromatic carbocycles. The van der Waals surface area contributed by atoms with E-state index in [1.807, 2.05) is 0 Å². The lowest BCUT2D eigenvalue weighted by Gasteiger charge is -2.11. The molecule has 7 nitrogen and oxygen atoms in total. The molecule has 0 radical (unpaired) electrons. The zero-order valence-electron chi connectivity index (χ0n) is 12.8. The summed E-state index contributed by atoms with van der Waals surface area (Å²) in [6.45, 7) is 2.74. The number of rotatable bonds is 8. The van der Waals surface area contributed by atoms with Crippen molar-refractivity contribution < 1.29 is 14.3 Å². The number of methoxy groups -OCH3 is 1. The summed E-state index contributed by atoms with van der Waals surface area (Å²) < 4.78 is 11.1. The van der Waals surface area contributed by atoms with Gasteiger partial charge in [-0.05, 0) is 24.6 Å². The van der Waals surface area contributed by atoms with E-state index in [1.165, 1.54) is 0 Å². The molecule has 1 aromatic heterocycles. The third-order valence-corrected chi connectivity index (χ3v) is 3.22. The second-order valence-electron chi connectivity index (χ2n) is 4.81. The zero-order chi connectivity index (χ0) is 15.9. The van der Waals surface area contributed by atoms with Crippen LogP contribution in [0.4, 0.5) is 0 Å². The molecule has 1 amide bonds. The zero-order valence-corrected chi connectivity index (χ0v) is 12.8. The van der Waals surface area contributed by atoms with Gasteiger partial charge < -0.3 is 15.2 Å². The molecule has 2 rings (SSSR count). The minimum absolute atomic E-state index is 0.0992. The van der Waals surface area contributed by atoms with Crippen molar-refractivity contribution >= 4 is 5.91 Å². The van der Waals surface area contributed by atoms with Gasteiger partial charge in [-0.3, -0.25) is 4.79 Å². The highest BCUT2D eigenvalue weighted by Gasteiger charge is 2.17. The first-order valence-electron chi connectivity index (χ1n) is 7.19. The van der Waals surface area contributed by atoms with Crippen LogP contribution in [0, 0.1) is 0 Å². The number of primary amides is 1. The van der Waals surface area contributed by atoms with E-state index < -0.39 is 5.91 Å². The quantitative estimate of drug-likeness (QED) is 0.727. The van der Waals surface area contributed by atoms with Gasteiger partial charge in [0.2, 0.25) is 0 Å². The lowest BCUT2D eigenvalue weighted by atomic mass is 10.1. The van der Waals surface area contributed by atoms with Gasteiger partial charge in [-0.2, -0.15) is 15.4 Å². The van der Waals surface area contributed by atoms with Crippen LogP contribution < -0.4 is 15.2 Å². The van der Waals surface area contributed by atoms with E-state index in [-0.39, 0.29) is 5.69 Å². The maximum absolute atomic E-state index is 11.4. The minimum atomic E-state index is -0.634. The molecule has 0 bridgehead atoms. The summed E-state index contributed by atoms with van der Waals surface area (Å²) in [6, 6.07) is 5.32. The number of carbonyl (C=O) groups excluding carboxylic acids is 1. The lowest BCUT2D eigenvalue weighted by Crippen LogP contribution is -2.12. The molecule has 0 fully saturated rings. The molecule has 1 heterocycles. The highest BCUT2D eigenvalue weighted by Crippen LogP contribution is 2.32. The van der Waals surface area contributed by atoms with Gasteiger partial charge in [0, 0.05) is 5.56 Å². The Morgan fingerprint density at radius 3 is 2.77 bits per heavy atom. The fourth-order valence-electron chi connectivity index (χ4n) is 2.07. The summed E-state index contributed by atoms with van der Waals surface area (Å²) in [5.41, 5.74) is 6.47. The second-order valence-corrected chi connectivity index (χ2v) is 4.81. The Morgan fingerprint density at radius 2 is 2.09 bits per heavy atom. The molecule has 0 saturated carbocycles. The number of amides is 1. The smallest absolute Gasteiger partial charge is 0.271 e. The number of aromatic amines is 1. The fourth-order valence-corrected chi connectivity index (χ4v) is 2.07. The number of H-pyrrole nitrogens is 1. The van der Waals surface area contributed by atoms with Crippen molar-refractivity contribution in [2.75, 3.05) is 13.7 Å². The number of aromatic nitrogens is 3. The highest BCUT2D eigenvalue weighted by molar-refractivity contribution is 5.96. The number of carbonyl (C=O) groups is 1. The van der Waals surface area contributed by atoms with Crippen LogP contribution in [-0.4, -0.2) is 35.0 Å². The Labute approximate surface area is 128 Å². The number of benzene rings is 1. The van der Waals surface area contributed by atoms with E-state index in [1.54, 1.807) is 25.3 Å². The molecule has 0 spiro atoms. The maximum Gasteiger partial charge on any atom is 0.271 e. The fraction of sp³-hybridized carbons (Fsp3) is 0.400. The van der Waals surface area contributed by atoms with Crippen molar-refractivity contribution in [1.82, 2.24) is 15.4 Å². The van der Waals surface area contributed by atoms with Crippen molar-refractivity contribution in [3.05, 3.63) is 23.9 Å². The predicted octanol–water partition coefficient (Wildman–Crippen LogP) is 2.15. The molecule has 3 N–H and O–H groups in total. The Kier molecular flexibility index (Phi) is 5.35. The first-order valence-corrected chi connectivity index (χ1v) is 7.19. The largest absolute Gasteiger partial charge is 0.493 e. The van der Waals surface area contributed by atoms with Gasteiger partial charge >= 0.3 is 0 Å².